The maximum absolute atomic E-state index is 8.97. The molecular weight excluding hydrogens is 254 g/mol. The van der Waals surface area contributed by atoms with E-state index in [-0.39, 0.29) is 6.04 Å². The van der Waals surface area contributed by atoms with E-state index in [1.165, 1.54) is 7.11 Å². The summed E-state index contributed by atoms with van der Waals surface area (Å²) in [6, 6.07) is 10.5. The topological polar surface area (TPSA) is 81.2 Å². The fourth-order valence-electron chi connectivity index (χ4n) is 1.70. The van der Waals surface area contributed by atoms with Gasteiger partial charge in [-0.05, 0) is 30.7 Å². The van der Waals surface area contributed by atoms with Gasteiger partial charge in [0.2, 0.25) is 5.88 Å². The Bertz CT molecular complexity index is 648. The van der Waals surface area contributed by atoms with Crippen molar-refractivity contribution in [2.24, 2.45) is 5.73 Å². The number of nitrogens with zero attached hydrogens (tertiary/aromatic N) is 2. The average molecular weight is 269 g/mol. The predicted molar refractivity (Wildman–Crippen MR) is 74.6 cm³/mol. The highest BCUT2D eigenvalue weighted by atomic mass is 16.5. The number of aromatic nitrogens is 1. The summed E-state index contributed by atoms with van der Waals surface area (Å²) in [7, 11) is 1.54. The molecule has 2 N–H and O–H groups in total. The van der Waals surface area contributed by atoms with E-state index in [9.17, 15) is 0 Å². The number of hydrogen-bond acceptors (Lipinski definition) is 5. The molecule has 102 valence electrons. The first-order valence-corrected chi connectivity index (χ1v) is 6.11. The van der Waals surface area contributed by atoms with Crippen molar-refractivity contribution in [3.05, 3.63) is 47.7 Å². The van der Waals surface area contributed by atoms with Crippen LogP contribution in [0, 0.1) is 11.3 Å². The molecule has 0 fully saturated rings. The molecule has 0 unspecified atom stereocenters. The first-order valence-electron chi connectivity index (χ1n) is 6.11. The fourth-order valence-corrected chi connectivity index (χ4v) is 1.70. The first-order chi connectivity index (χ1) is 9.62. The standard InChI is InChI=1S/C15H15N3O2/c1-10(17)12-3-4-18-15(7-12)20-14-6-11(9-16)5-13(8-14)19-2/h3-8,10H,17H2,1-2H3/t10-/m1/s1. The zero-order valence-corrected chi connectivity index (χ0v) is 11.3. The van der Waals surface area contributed by atoms with Crippen LogP contribution in [0.4, 0.5) is 0 Å². The molecule has 0 bridgehead atoms. The molecule has 0 spiro atoms. The van der Waals surface area contributed by atoms with Crippen molar-refractivity contribution in [3.63, 3.8) is 0 Å². The van der Waals surface area contributed by atoms with Gasteiger partial charge in [0.15, 0.2) is 0 Å². The summed E-state index contributed by atoms with van der Waals surface area (Å²) in [4.78, 5) is 4.13. The second-order valence-electron chi connectivity index (χ2n) is 4.33. The second-order valence-corrected chi connectivity index (χ2v) is 4.33. The van der Waals surface area contributed by atoms with Crippen molar-refractivity contribution >= 4 is 0 Å². The van der Waals surface area contributed by atoms with E-state index in [1.807, 2.05) is 13.0 Å². The lowest BCUT2D eigenvalue weighted by Gasteiger charge is -2.10. The highest BCUT2D eigenvalue weighted by molar-refractivity contribution is 5.45. The minimum absolute atomic E-state index is 0.0969. The Morgan fingerprint density at radius 2 is 2.00 bits per heavy atom. The third-order valence-corrected chi connectivity index (χ3v) is 2.75. The van der Waals surface area contributed by atoms with Crippen LogP contribution in [-0.4, -0.2) is 12.1 Å². The normalized spacial score (nSPS) is 11.5. The lowest BCUT2D eigenvalue weighted by molar-refractivity contribution is 0.407. The number of ether oxygens (including phenoxy) is 2. The molecule has 5 heteroatoms. The molecule has 20 heavy (non-hydrogen) atoms. The zero-order chi connectivity index (χ0) is 14.5. The highest BCUT2D eigenvalue weighted by Crippen LogP contribution is 2.27. The number of hydrogen-bond donors (Lipinski definition) is 1. The molecular formula is C15H15N3O2. The lowest BCUT2D eigenvalue weighted by atomic mass is 10.1. The Hall–Kier alpha value is -2.58. The van der Waals surface area contributed by atoms with Crippen molar-refractivity contribution in [1.29, 1.82) is 5.26 Å². The van der Waals surface area contributed by atoms with Gasteiger partial charge in [0.25, 0.3) is 0 Å². The predicted octanol–water partition coefficient (Wildman–Crippen LogP) is 2.77. The van der Waals surface area contributed by atoms with E-state index in [4.69, 9.17) is 20.5 Å². The molecule has 0 radical (unpaired) electrons. The number of nitriles is 1. The van der Waals surface area contributed by atoms with E-state index in [1.54, 1.807) is 30.5 Å². The van der Waals surface area contributed by atoms with Crippen LogP contribution in [0.15, 0.2) is 36.5 Å². The summed E-state index contributed by atoms with van der Waals surface area (Å²) in [5.74, 6) is 1.48. The molecule has 0 saturated carbocycles. The molecule has 0 amide bonds. The Labute approximate surface area is 117 Å². The molecule has 2 rings (SSSR count). The maximum atomic E-state index is 8.97. The maximum Gasteiger partial charge on any atom is 0.219 e. The minimum atomic E-state index is -0.0969. The molecule has 0 aliphatic heterocycles. The summed E-state index contributed by atoms with van der Waals surface area (Å²) >= 11 is 0. The van der Waals surface area contributed by atoms with Gasteiger partial charge in [0.05, 0.1) is 18.7 Å². The van der Waals surface area contributed by atoms with Crippen molar-refractivity contribution in [3.8, 4) is 23.4 Å². The molecule has 5 nitrogen and oxygen atoms in total. The van der Waals surface area contributed by atoms with Crippen LogP contribution < -0.4 is 15.2 Å². The fraction of sp³-hybridized carbons (Fsp3) is 0.200. The summed E-state index contributed by atoms with van der Waals surface area (Å²) in [5.41, 5.74) is 7.21. The van der Waals surface area contributed by atoms with Crippen LogP contribution in [0.5, 0.6) is 17.4 Å². The second kappa shape index (κ2) is 6.04. The molecule has 1 atom stereocenters. The molecule has 0 saturated heterocycles. The summed E-state index contributed by atoms with van der Waals surface area (Å²) in [5, 5.41) is 8.97. The van der Waals surface area contributed by atoms with Crippen molar-refractivity contribution < 1.29 is 9.47 Å². The van der Waals surface area contributed by atoms with Gasteiger partial charge in [-0.3, -0.25) is 0 Å². The van der Waals surface area contributed by atoms with Gasteiger partial charge in [0.1, 0.15) is 11.5 Å². The number of pyridine rings is 1. The Kier molecular flexibility index (Phi) is 4.18. The summed E-state index contributed by atoms with van der Waals surface area (Å²) < 4.78 is 10.8. The number of methoxy groups -OCH3 is 1. The van der Waals surface area contributed by atoms with Gasteiger partial charge in [-0.2, -0.15) is 5.26 Å². The van der Waals surface area contributed by atoms with Crippen LogP contribution in [0.1, 0.15) is 24.1 Å². The Morgan fingerprint density at radius 1 is 1.25 bits per heavy atom. The summed E-state index contributed by atoms with van der Waals surface area (Å²) in [6.07, 6.45) is 1.64. The number of benzene rings is 1. The van der Waals surface area contributed by atoms with Gasteiger partial charge in [-0.25, -0.2) is 4.98 Å². The Balaban J connectivity index is 2.30. The van der Waals surface area contributed by atoms with Crippen LogP contribution in [0.25, 0.3) is 0 Å². The molecule has 0 aliphatic carbocycles. The largest absolute Gasteiger partial charge is 0.497 e. The minimum Gasteiger partial charge on any atom is -0.497 e. The average Bonchev–Trinajstić information content (AvgIpc) is 2.47. The highest BCUT2D eigenvalue weighted by Gasteiger charge is 2.06. The SMILES string of the molecule is COc1cc(C#N)cc(Oc2cc([C@@H](C)N)ccn2)c1. The molecule has 1 aromatic carbocycles. The molecule has 1 heterocycles. The van der Waals surface area contributed by atoms with Crippen LogP contribution in [0.2, 0.25) is 0 Å². The zero-order valence-electron chi connectivity index (χ0n) is 11.3. The molecule has 1 aromatic heterocycles. The van der Waals surface area contributed by atoms with Gasteiger partial charge >= 0.3 is 0 Å². The van der Waals surface area contributed by atoms with Gasteiger partial charge in [-0.1, -0.05) is 0 Å². The third kappa shape index (κ3) is 3.25. The van der Waals surface area contributed by atoms with Crippen molar-refractivity contribution in [1.82, 2.24) is 4.98 Å². The molecule has 2 aromatic rings. The first kappa shape index (κ1) is 13.8. The number of rotatable bonds is 4. The Morgan fingerprint density at radius 3 is 2.65 bits per heavy atom. The quantitative estimate of drug-likeness (QED) is 0.923. The lowest BCUT2D eigenvalue weighted by Crippen LogP contribution is -2.05. The van der Waals surface area contributed by atoms with E-state index in [0.29, 0.717) is 22.9 Å². The third-order valence-electron chi connectivity index (χ3n) is 2.75. The van der Waals surface area contributed by atoms with Crippen molar-refractivity contribution in [2.75, 3.05) is 7.11 Å². The van der Waals surface area contributed by atoms with E-state index < -0.39 is 0 Å². The van der Waals surface area contributed by atoms with Crippen LogP contribution in [0.3, 0.4) is 0 Å². The smallest absolute Gasteiger partial charge is 0.219 e. The van der Waals surface area contributed by atoms with Gasteiger partial charge < -0.3 is 15.2 Å². The van der Waals surface area contributed by atoms with Gasteiger partial charge in [-0.15, -0.1) is 0 Å². The van der Waals surface area contributed by atoms with E-state index in [0.717, 1.165) is 5.56 Å². The van der Waals surface area contributed by atoms with Crippen LogP contribution >= 0.6 is 0 Å². The molecule has 0 aliphatic rings. The monoisotopic (exact) mass is 269 g/mol. The number of nitrogens with two attached hydrogens (primary N) is 1. The van der Waals surface area contributed by atoms with E-state index in [2.05, 4.69) is 11.1 Å². The van der Waals surface area contributed by atoms with Crippen LogP contribution in [-0.2, 0) is 0 Å². The van der Waals surface area contributed by atoms with Gasteiger partial charge in [0, 0.05) is 24.4 Å². The van der Waals surface area contributed by atoms with Crippen molar-refractivity contribution in [2.45, 2.75) is 13.0 Å². The van der Waals surface area contributed by atoms with E-state index >= 15 is 0 Å². The summed E-state index contributed by atoms with van der Waals surface area (Å²) in [6.45, 7) is 1.89.